The van der Waals surface area contributed by atoms with Crippen LogP contribution >= 0.6 is 0 Å². The molecule has 0 unspecified atom stereocenters. The molecule has 0 radical (unpaired) electrons. The molecule has 3 heterocycles. The molecule has 1 fully saturated rings. The van der Waals surface area contributed by atoms with Gasteiger partial charge in [-0.1, -0.05) is 30.3 Å². The monoisotopic (exact) mass is 580 g/mol. The normalized spacial score (nSPS) is 16.8. The fourth-order valence-corrected chi connectivity index (χ4v) is 5.56. The second-order valence-electron chi connectivity index (χ2n) is 10.2. The standard InChI is InChI=1S/C30H31F3N6O3/c1-18-17-37(25(28(40)34-3)21-8-6-5-7-9-21)14-15-38(18)29(41)23-16-35-39-26(30(31,32)33)19(2)24(36-27(23)39)20-10-12-22(42-4)13-11-20/h5-13,16,18,25H,14-15,17H2,1-4H3,(H,34,40)/t18-,25+/m1/s1. The molecule has 4 aromatic rings. The van der Waals surface area contributed by atoms with Crippen molar-refractivity contribution in [3.05, 3.63) is 83.2 Å². The van der Waals surface area contributed by atoms with E-state index in [1.165, 1.54) is 14.0 Å². The summed E-state index contributed by atoms with van der Waals surface area (Å²) in [4.78, 5) is 34.8. The molecule has 1 aliphatic heterocycles. The number of hydrogen-bond acceptors (Lipinski definition) is 6. The highest BCUT2D eigenvalue weighted by atomic mass is 19.4. The minimum absolute atomic E-state index is 0.0264. The van der Waals surface area contributed by atoms with Crippen molar-refractivity contribution in [1.82, 2.24) is 29.7 Å². The lowest BCUT2D eigenvalue weighted by Crippen LogP contribution is -2.56. The number of rotatable bonds is 6. The molecule has 1 aliphatic rings. The van der Waals surface area contributed by atoms with Gasteiger partial charge in [-0.2, -0.15) is 18.3 Å². The third kappa shape index (κ3) is 5.29. The van der Waals surface area contributed by atoms with E-state index in [0.717, 1.165) is 11.8 Å². The van der Waals surface area contributed by atoms with Crippen molar-refractivity contribution in [2.24, 2.45) is 0 Å². The summed E-state index contributed by atoms with van der Waals surface area (Å²) in [6.07, 6.45) is -3.60. The predicted octanol–water partition coefficient (Wildman–Crippen LogP) is 4.37. The number of aromatic nitrogens is 3. The van der Waals surface area contributed by atoms with Crippen LogP contribution in [0.1, 0.15) is 40.1 Å². The van der Waals surface area contributed by atoms with Gasteiger partial charge in [0.2, 0.25) is 5.91 Å². The highest BCUT2D eigenvalue weighted by molar-refractivity contribution is 6.00. The lowest BCUT2D eigenvalue weighted by atomic mass is 10.0. The zero-order chi connectivity index (χ0) is 30.2. The first-order valence-electron chi connectivity index (χ1n) is 13.5. The van der Waals surface area contributed by atoms with Crippen LogP contribution in [0, 0.1) is 6.92 Å². The van der Waals surface area contributed by atoms with E-state index in [1.807, 2.05) is 42.2 Å². The molecule has 0 spiro atoms. The second kappa shape index (κ2) is 11.4. The molecule has 2 aromatic heterocycles. The number of likely N-dealkylation sites (N-methyl/N-ethyl adjacent to an activating group) is 1. The van der Waals surface area contributed by atoms with Gasteiger partial charge in [-0.25, -0.2) is 9.50 Å². The third-order valence-corrected chi connectivity index (χ3v) is 7.64. The smallest absolute Gasteiger partial charge is 0.433 e. The molecule has 0 saturated carbocycles. The number of piperazine rings is 1. The number of nitrogens with one attached hydrogen (secondary N) is 1. The number of halogens is 3. The Morgan fingerprint density at radius 2 is 1.76 bits per heavy atom. The van der Waals surface area contributed by atoms with E-state index in [0.29, 0.717) is 28.9 Å². The van der Waals surface area contributed by atoms with Crippen LogP contribution in [-0.2, 0) is 11.0 Å². The topological polar surface area (TPSA) is 92.1 Å². The molecule has 12 heteroatoms. The van der Waals surface area contributed by atoms with E-state index in [-0.39, 0.29) is 41.0 Å². The van der Waals surface area contributed by atoms with Crippen molar-refractivity contribution in [3.63, 3.8) is 0 Å². The van der Waals surface area contributed by atoms with Crippen LogP contribution < -0.4 is 10.1 Å². The van der Waals surface area contributed by atoms with Gasteiger partial charge in [-0.3, -0.25) is 14.5 Å². The molecule has 1 N–H and O–H groups in total. The van der Waals surface area contributed by atoms with Crippen molar-refractivity contribution in [1.29, 1.82) is 0 Å². The van der Waals surface area contributed by atoms with Gasteiger partial charge in [0.15, 0.2) is 11.3 Å². The van der Waals surface area contributed by atoms with Crippen LogP contribution in [0.3, 0.4) is 0 Å². The first-order chi connectivity index (χ1) is 20.0. The van der Waals surface area contributed by atoms with E-state index in [1.54, 1.807) is 36.2 Å². The number of hydrogen-bond donors (Lipinski definition) is 1. The van der Waals surface area contributed by atoms with Crippen LogP contribution in [0.5, 0.6) is 5.75 Å². The maximum Gasteiger partial charge on any atom is 0.433 e. The van der Waals surface area contributed by atoms with Gasteiger partial charge in [-0.15, -0.1) is 0 Å². The van der Waals surface area contributed by atoms with Crippen LogP contribution in [0.2, 0.25) is 0 Å². The zero-order valence-corrected chi connectivity index (χ0v) is 23.6. The predicted molar refractivity (Wildman–Crippen MR) is 150 cm³/mol. The average Bonchev–Trinajstić information content (AvgIpc) is 3.39. The number of nitrogens with zero attached hydrogens (tertiary/aromatic N) is 5. The SMILES string of the molecule is CNC(=O)[C@H](c1ccccc1)N1CCN(C(=O)c2cnn3c(C(F)(F)F)c(C)c(-c4ccc(OC)cc4)nc23)[C@H](C)C1. The van der Waals surface area contributed by atoms with E-state index < -0.39 is 23.8 Å². The zero-order valence-electron chi connectivity index (χ0n) is 23.6. The van der Waals surface area contributed by atoms with Crippen molar-refractivity contribution in [2.75, 3.05) is 33.8 Å². The van der Waals surface area contributed by atoms with Gasteiger partial charge in [0.1, 0.15) is 17.4 Å². The molecule has 2 amide bonds. The number of methoxy groups -OCH3 is 1. The molecule has 42 heavy (non-hydrogen) atoms. The Morgan fingerprint density at radius 3 is 2.36 bits per heavy atom. The Kier molecular flexibility index (Phi) is 7.91. The summed E-state index contributed by atoms with van der Waals surface area (Å²) < 4.78 is 48.9. The average molecular weight is 581 g/mol. The largest absolute Gasteiger partial charge is 0.497 e. The Hall–Kier alpha value is -4.45. The minimum Gasteiger partial charge on any atom is -0.497 e. The molecular formula is C30H31F3N6O3. The highest BCUT2D eigenvalue weighted by Crippen LogP contribution is 2.37. The van der Waals surface area contributed by atoms with Gasteiger partial charge in [-0.05, 0) is 43.7 Å². The summed E-state index contributed by atoms with van der Waals surface area (Å²) in [5.41, 5.74) is 0.0752. The molecule has 0 aliphatic carbocycles. The summed E-state index contributed by atoms with van der Waals surface area (Å²) in [6, 6.07) is 15.0. The first kappa shape index (κ1) is 29.1. The first-order valence-corrected chi connectivity index (χ1v) is 13.5. The summed E-state index contributed by atoms with van der Waals surface area (Å²) in [7, 11) is 3.08. The Labute approximate surface area is 240 Å². The van der Waals surface area contributed by atoms with Gasteiger partial charge >= 0.3 is 6.18 Å². The fraction of sp³-hybridized carbons (Fsp3) is 0.333. The number of carbonyl (C=O) groups is 2. The number of benzene rings is 2. The van der Waals surface area contributed by atoms with Gasteiger partial charge in [0.05, 0.1) is 19.0 Å². The number of alkyl halides is 3. The Balaban J connectivity index is 1.50. The molecule has 9 nitrogen and oxygen atoms in total. The third-order valence-electron chi connectivity index (χ3n) is 7.64. The van der Waals surface area contributed by atoms with Crippen LogP contribution in [0.4, 0.5) is 13.2 Å². The quantitative estimate of drug-likeness (QED) is 0.364. The van der Waals surface area contributed by atoms with E-state index in [2.05, 4.69) is 15.4 Å². The molecule has 1 saturated heterocycles. The van der Waals surface area contributed by atoms with Crippen LogP contribution in [0.25, 0.3) is 16.9 Å². The summed E-state index contributed by atoms with van der Waals surface area (Å²) in [6.45, 7) is 4.23. The van der Waals surface area contributed by atoms with Crippen molar-refractivity contribution >= 4 is 17.5 Å². The number of amides is 2. The molecular weight excluding hydrogens is 549 g/mol. The summed E-state index contributed by atoms with van der Waals surface area (Å²) >= 11 is 0. The van der Waals surface area contributed by atoms with Crippen molar-refractivity contribution in [3.8, 4) is 17.0 Å². The Bertz CT molecular complexity index is 1600. The van der Waals surface area contributed by atoms with E-state index in [4.69, 9.17) is 4.74 Å². The Morgan fingerprint density at radius 1 is 1.07 bits per heavy atom. The maximum absolute atomic E-state index is 14.3. The maximum atomic E-state index is 14.3. The number of ether oxygens (including phenoxy) is 1. The van der Waals surface area contributed by atoms with Gasteiger partial charge < -0.3 is 15.0 Å². The number of carbonyl (C=O) groups excluding carboxylic acids is 2. The van der Waals surface area contributed by atoms with E-state index in [9.17, 15) is 22.8 Å². The van der Waals surface area contributed by atoms with Crippen LogP contribution in [-0.4, -0.2) is 76.0 Å². The van der Waals surface area contributed by atoms with Crippen LogP contribution in [0.15, 0.2) is 60.8 Å². The number of fused-ring (bicyclic) bond motifs is 1. The molecule has 5 rings (SSSR count). The lowest BCUT2D eigenvalue weighted by Gasteiger charge is -2.42. The highest BCUT2D eigenvalue weighted by Gasteiger charge is 2.40. The van der Waals surface area contributed by atoms with E-state index >= 15 is 0 Å². The summed E-state index contributed by atoms with van der Waals surface area (Å²) in [5, 5.41) is 6.69. The summed E-state index contributed by atoms with van der Waals surface area (Å²) in [5.74, 6) is -0.0903. The van der Waals surface area contributed by atoms with Crippen molar-refractivity contribution in [2.45, 2.75) is 32.1 Å². The minimum atomic E-state index is -4.75. The second-order valence-corrected chi connectivity index (χ2v) is 10.2. The molecule has 2 atom stereocenters. The molecule has 2 aromatic carbocycles. The molecule has 220 valence electrons. The molecule has 0 bridgehead atoms. The fourth-order valence-electron chi connectivity index (χ4n) is 5.56. The van der Waals surface area contributed by atoms with Gasteiger partial charge in [0.25, 0.3) is 5.91 Å². The van der Waals surface area contributed by atoms with Gasteiger partial charge in [0, 0.05) is 43.9 Å². The lowest BCUT2D eigenvalue weighted by molar-refractivity contribution is -0.143. The van der Waals surface area contributed by atoms with Crippen molar-refractivity contribution < 1.29 is 27.5 Å².